The lowest BCUT2D eigenvalue weighted by molar-refractivity contribution is 0.130. The zero-order chi connectivity index (χ0) is 20.4. The molecule has 2 rings (SSSR count). The van der Waals surface area contributed by atoms with E-state index in [0.717, 1.165) is 0 Å². The van der Waals surface area contributed by atoms with Gasteiger partial charge in [-0.25, -0.2) is 22.9 Å². The SMILES string of the molecule is CC(C)OC(=O)Nc1ccc(-c2cnc(Br)s2)c(S(=O)(=O)NC(C)(C)C)c1. The molecule has 0 spiro atoms. The number of nitrogens with one attached hydrogen (secondary N) is 2. The number of anilines is 1. The monoisotopic (exact) mass is 475 g/mol. The molecule has 0 radical (unpaired) electrons. The van der Waals surface area contributed by atoms with E-state index in [4.69, 9.17) is 4.74 Å². The van der Waals surface area contributed by atoms with Crippen LogP contribution in [-0.2, 0) is 14.8 Å². The number of benzene rings is 1. The molecule has 148 valence electrons. The van der Waals surface area contributed by atoms with Crippen molar-refractivity contribution in [1.29, 1.82) is 0 Å². The van der Waals surface area contributed by atoms with Crippen LogP contribution in [0.25, 0.3) is 10.4 Å². The van der Waals surface area contributed by atoms with E-state index in [0.29, 0.717) is 20.0 Å². The van der Waals surface area contributed by atoms with Gasteiger partial charge in [-0.1, -0.05) is 6.07 Å². The van der Waals surface area contributed by atoms with Crippen molar-refractivity contribution in [3.8, 4) is 10.4 Å². The van der Waals surface area contributed by atoms with Crippen molar-refractivity contribution in [1.82, 2.24) is 9.71 Å². The van der Waals surface area contributed by atoms with E-state index in [-0.39, 0.29) is 11.0 Å². The molecule has 0 saturated carbocycles. The molecule has 0 aliphatic heterocycles. The number of sulfonamides is 1. The van der Waals surface area contributed by atoms with Crippen molar-refractivity contribution in [2.24, 2.45) is 0 Å². The first kappa shape index (κ1) is 21.8. The zero-order valence-electron chi connectivity index (χ0n) is 15.7. The van der Waals surface area contributed by atoms with Crippen LogP contribution in [0.1, 0.15) is 34.6 Å². The summed E-state index contributed by atoms with van der Waals surface area (Å²) in [6.07, 6.45) is 0.662. The van der Waals surface area contributed by atoms with Gasteiger partial charge in [-0.3, -0.25) is 5.32 Å². The van der Waals surface area contributed by atoms with Gasteiger partial charge in [0.15, 0.2) is 3.92 Å². The van der Waals surface area contributed by atoms with Gasteiger partial charge in [0.05, 0.1) is 15.9 Å². The molecule has 2 aromatic rings. The van der Waals surface area contributed by atoms with Crippen LogP contribution in [0.5, 0.6) is 0 Å². The van der Waals surface area contributed by atoms with Gasteiger partial charge in [0.2, 0.25) is 10.0 Å². The molecule has 0 unspecified atom stereocenters. The quantitative estimate of drug-likeness (QED) is 0.657. The van der Waals surface area contributed by atoms with Crippen molar-refractivity contribution in [3.05, 3.63) is 28.3 Å². The Labute approximate surface area is 171 Å². The molecule has 1 aromatic carbocycles. The lowest BCUT2D eigenvalue weighted by atomic mass is 10.1. The lowest BCUT2D eigenvalue weighted by Gasteiger charge is -2.22. The summed E-state index contributed by atoms with van der Waals surface area (Å²) in [5.74, 6) is 0. The maximum atomic E-state index is 13.0. The predicted molar refractivity (Wildman–Crippen MR) is 111 cm³/mol. The molecule has 1 amide bonds. The van der Waals surface area contributed by atoms with Crippen molar-refractivity contribution >= 4 is 49.1 Å². The Hall–Kier alpha value is -1.49. The van der Waals surface area contributed by atoms with E-state index < -0.39 is 21.7 Å². The summed E-state index contributed by atoms with van der Waals surface area (Å²) < 4.78 is 34.3. The van der Waals surface area contributed by atoms with Crippen molar-refractivity contribution in [3.63, 3.8) is 0 Å². The minimum Gasteiger partial charge on any atom is -0.447 e. The highest BCUT2D eigenvalue weighted by atomic mass is 79.9. The number of carbonyl (C=O) groups excluding carboxylic acids is 1. The molecule has 0 aliphatic carbocycles. The first-order valence-electron chi connectivity index (χ1n) is 8.15. The Morgan fingerprint density at radius 3 is 2.48 bits per heavy atom. The average Bonchev–Trinajstić information content (AvgIpc) is 2.90. The van der Waals surface area contributed by atoms with Gasteiger partial charge in [0.25, 0.3) is 0 Å². The number of nitrogens with zero attached hydrogens (tertiary/aromatic N) is 1. The zero-order valence-corrected chi connectivity index (χ0v) is 18.9. The number of hydrogen-bond acceptors (Lipinski definition) is 6. The summed E-state index contributed by atoms with van der Waals surface area (Å²) in [7, 11) is -3.85. The number of thiazole rings is 1. The van der Waals surface area contributed by atoms with Gasteiger partial charge >= 0.3 is 6.09 Å². The normalized spacial score (nSPS) is 12.3. The smallest absolute Gasteiger partial charge is 0.411 e. The second-order valence-electron chi connectivity index (χ2n) is 7.12. The van der Waals surface area contributed by atoms with E-state index in [1.807, 2.05) is 0 Å². The molecular formula is C17H22BrN3O4S2. The van der Waals surface area contributed by atoms with Crippen LogP contribution in [0.3, 0.4) is 0 Å². The molecular weight excluding hydrogens is 454 g/mol. The summed E-state index contributed by atoms with van der Waals surface area (Å²) >= 11 is 4.61. The van der Waals surface area contributed by atoms with Gasteiger partial charge in [-0.05, 0) is 62.7 Å². The topological polar surface area (TPSA) is 97.4 Å². The van der Waals surface area contributed by atoms with Crippen LogP contribution < -0.4 is 10.0 Å². The van der Waals surface area contributed by atoms with Gasteiger partial charge in [0, 0.05) is 23.0 Å². The number of ether oxygens (including phenoxy) is 1. The summed E-state index contributed by atoms with van der Waals surface area (Å²) in [5.41, 5.74) is 0.157. The van der Waals surface area contributed by atoms with E-state index in [1.165, 1.54) is 17.4 Å². The van der Waals surface area contributed by atoms with Crippen molar-refractivity contribution < 1.29 is 17.9 Å². The summed E-state index contributed by atoms with van der Waals surface area (Å²) in [6, 6.07) is 4.68. The van der Waals surface area contributed by atoms with Crippen molar-refractivity contribution in [2.75, 3.05) is 5.32 Å². The summed E-state index contributed by atoms with van der Waals surface area (Å²) in [4.78, 5) is 16.7. The predicted octanol–water partition coefficient (Wildman–Crippen LogP) is 4.61. The third-order valence-electron chi connectivity index (χ3n) is 3.04. The Bertz CT molecular complexity index is 934. The maximum Gasteiger partial charge on any atom is 0.411 e. The van der Waals surface area contributed by atoms with Crippen LogP contribution >= 0.6 is 27.3 Å². The van der Waals surface area contributed by atoms with Crippen LogP contribution in [0.2, 0.25) is 0 Å². The van der Waals surface area contributed by atoms with Crippen LogP contribution in [0, 0.1) is 0 Å². The highest BCUT2D eigenvalue weighted by molar-refractivity contribution is 9.11. The Balaban J connectivity index is 2.51. The Kier molecular flexibility index (Phi) is 6.67. The van der Waals surface area contributed by atoms with Crippen LogP contribution in [0.15, 0.2) is 33.2 Å². The lowest BCUT2D eigenvalue weighted by Crippen LogP contribution is -2.40. The Morgan fingerprint density at radius 1 is 1.30 bits per heavy atom. The largest absolute Gasteiger partial charge is 0.447 e. The molecule has 0 saturated heterocycles. The van der Waals surface area contributed by atoms with Gasteiger partial charge < -0.3 is 4.74 Å². The van der Waals surface area contributed by atoms with Gasteiger partial charge in [0.1, 0.15) is 0 Å². The number of hydrogen-bond donors (Lipinski definition) is 2. The molecule has 0 aliphatic rings. The maximum absolute atomic E-state index is 13.0. The number of halogens is 1. The average molecular weight is 476 g/mol. The van der Waals surface area contributed by atoms with Gasteiger partial charge in [-0.15, -0.1) is 11.3 Å². The molecule has 10 heteroatoms. The first-order valence-corrected chi connectivity index (χ1v) is 11.2. The molecule has 1 heterocycles. The fraction of sp³-hybridized carbons (Fsp3) is 0.412. The highest BCUT2D eigenvalue weighted by Crippen LogP contribution is 2.35. The second kappa shape index (κ2) is 8.26. The van der Waals surface area contributed by atoms with Crippen LogP contribution in [-0.4, -0.2) is 31.1 Å². The third-order valence-corrected chi connectivity index (χ3v) is 6.35. The number of amides is 1. The fourth-order valence-corrected chi connectivity index (χ4v) is 5.26. The molecule has 0 bridgehead atoms. The Morgan fingerprint density at radius 2 is 1.96 bits per heavy atom. The molecule has 27 heavy (non-hydrogen) atoms. The minimum absolute atomic E-state index is 0.0518. The minimum atomic E-state index is -3.85. The van der Waals surface area contributed by atoms with E-state index in [1.54, 1.807) is 52.9 Å². The summed E-state index contributed by atoms with van der Waals surface area (Å²) in [5, 5.41) is 2.56. The standard InChI is InChI=1S/C17H22BrN3O4S2/c1-10(2)25-16(22)20-11-6-7-12(13-9-19-15(18)26-13)14(8-11)27(23,24)21-17(3,4)5/h6-10,21H,1-5H3,(H,20,22). The molecule has 2 N–H and O–H groups in total. The van der Waals surface area contributed by atoms with E-state index >= 15 is 0 Å². The number of carbonyl (C=O) groups is 1. The second-order valence-corrected chi connectivity index (χ2v) is 11.1. The fourth-order valence-electron chi connectivity index (χ4n) is 2.22. The van der Waals surface area contributed by atoms with E-state index in [9.17, 15) is 13.2 Å². The van der Waals surface area contributed by atoms with E-state index in [2.05, 4.69) is 31.0 Å². The van der Waals surface area contributed by atoms with Gasteiger partial charge in [-0.2, -0.15) is 0 Å². The third kappa shape index (κ3) is 6.27. The highest BCUT2D eigenvalue weighted by Gasteiger charge is 2.26. The number of rotatable bonds is 5. The molecule has 1 aromatic heterocycles. The molecule has 0 fully saturated rings. The molecule has 0 atom stereocenters. The van der Waals surface area contributed by atoms with Crippen LogP contribution in [0.4, 0.5) is 10.5 Å². The first-order chi connectivity index (χ1) is 12.4. The number of aromatic nitrogens is 1. The molecule has 7 nitrogen and oxygen atoms in total. The van der Waals surface area contributed by atoms with Crippen molar-refractivity contribution in [2.45, 2.75) is 51.2 Å². The summed E-state index contributed by atoms with van der Waals surface area (Å²) in [6.45, 7) is 8.74.